The van der Waals surface area contributed by atoms with Crippen LogP contribution in [0.4, 0.5) is 5.13 Å². The number of hydrogen-bond acceptors (Lipinski definition) is 5. The summed E-state index contributed by atoms with van der Waals surface area (Å²) in [6, 6.07) is 7.76. The van der Waals surface area contributed by atoms with E-state index in [2.05, 4.69) is 23.7 Å². The lowest BCUT2D eigenvalue weighted by atomic mass is 9.83. The summed E-state index contributed by atoms with van der Waals surface area (Å²) in [4.78, 5) is 19.1. The van der Waals surface area contributed by atoms with Crippen molar-refractivity contribution in [1.29, 1.82) is 0 Å². The largest absolute Gasteiger partial charge is 0.476 e. The van der Waals surface area contributed by atoms with Gasteiger partial charge in [-0.05, 0) is 29.4 Å². The second-order valence-corrected chi connectivity index (χ2v) is 8.20. The number of anilines is 1. The van der Waals surface area contributed by atoms with Crippen molar-refractivity contribution in [3.8, 4) is 10.4 Å². The topological polar surface area (TPSA) is 62.7 Å². The molecule has 0 amide bonds. The zero-order chi connectivity index (χ0) is 18.0. The number of ether oxygens (including phenoxy) is 1. The first-order valence-electron chi connectivity index (χ1n) is 8.47. The van der Waals surface area contributed by atoms with Gasteiger partial charge in [0.05, 0.1) is 11.5 Å². The normalized spacial score (nSPS) is 16.8. The van der Waals surface area contributed by atoms with Crippen molar-refractivity contribution in [1.82, 2.24) is 4.98 Å². The van der Waals surface area contributed by atoms with Crippen LogP contribution in [-0.4, -0.2) is 36.3 Å². The van der Waals surface area contributed by atoms with E-state index in [-0.39, 0.29) is 5.69 Å². The quantitative estimate of drug-likeness (QED) is 0.862. The van der Waals surface area contributed by atoms with E-state index in [1.54, 1.807) is 7.11 Å². The van der Waals surface area contributed by atoms with Crippen molar-refractivity contribution in [2.45, 2.75) is 33.3 Å². The van der Waals surface area contributed by atoms with Crippen molar-refractivity contribution in [2.75, 3.05) is 25.1 Å². The SMILES string of the molecule is COCc1ccccc1-c1sc(N2CCC(C)(C)CC2)nc1C(=O)O. The van der Waals surface area contributed by atoms with Crippen molar-refractivity contribution >= 4 is 22.4 Å². The van der Waals surface area contributed by atoms with Crippen molar-refractivity contribution < 1.29 is 14.6 Å². The fourth-order valence-corrected chi connectivity index (χ4v) is 4.27. The number of benzene rings is 1. The van der Waals surface area contributed by atoms with Crippen LogP contribution in [0.5, 0.6) is 0 Å². The minimum Gasteiger partial charge on any atom is -0.476 e. The molecular weight excluding hydrogens is 336 g/mol. The number of carboxylic acids is 1. The molecule has 25 heavy (non-hydrogen) atoms. The number of aromatic nitrogens is 1. The predicted molar refractivity (Wildman–Crippen MR) is 100 cm³/mol. The smallest absolute Gasteiger partial charge is 0.356 e. The van der Waals surface area contributed by atoms with Crippen molar-refractivity contribution in [2.24, 2.45) is 5.41 Å². The van der Waals surface area contributed by atoms with Gasteiger partial charge in [0, 0.05) is 20.2 Å². The summed E-state index contributed by atoms with van der Waals surface area (Å²) in [6.07, 6.45) is 2.18. The molecule has 1 saturated heterocycles. The third kappa shape index (κ3) is 3.85. The Hall–Kier alpha value is -1.92. The average Bonchev–Trinajstić information content (AvgIpc) is 3.01. The Morgan fingerprint density at radius 2 is 2.00 bits per heavy atom. The van der Waals surface area contributed by atoms with Crippen LogP contribution >= 0.6 is 11.3 Å². The number of nitrogens with zero attached hydrogens (tertiary/aromatic N) is 2. The summed E-state index contributed by atoms with van der Waals surface area (Å²) in [5.41, 5.74) is 2.34. The Bertz CT molecular complexity index is 760. The molecule has 0 spiro atoms. The van der Waals surface area contributed by atoms with Gasteiger partial charge in [-0.25, -0.2) is 9.78 Å². The molecule has 1 aromatic carbocycles. The maximum atomic E-state index is 11.8. The summed E-state index contributed by atoms with van der Waals surface area (Å²) < 4.78 is 5.26. The molecule has 1 fully saturated rings. The first-order valence-corrected chi connectivity index (χ1v) is 9.29. The van der Waals surface area contributed by atoms with E-state index in [1.165, 1.54) is 11.3 Å². The molecule has 1 aromatic heterocycles. The molecule has 6 heteroatoms. The van der Waals surface area contributed by atoms with Crippen LogP contribution in [0.2, 0.25) is 0 Å². The summed E-state index contributed by atoms with van der Waals surface area (Å²) >= 11 is 1.47. The van der Waals surface area contributed by atoms with Gasteiger partial charge in [0.2, 0.25) is 0 Å². The number of aromatic carboxylic acids is 1. The molecule has 0 saturated carbocycles. The lowest BCUT2D eigenvalue weighted by molar-refractivity contribution is 0.0692. The summed E-state index contributed by atoms with van der Waals surface area (Å²) in [5, 5.41) is 10.4. The lowest BCUT2D eigenvalue weighted by Crippen LogP contribution is -2.37. The highest BCUT2D eigenvalue weighted by Crippen LogP contribution is 2.39. The zero-order valence-electron chi connectivity index (χ0n) is 14.9. The molecule has 5 nitrogen and oxygen atoms in total. The fraction of sp³-hybridized carbons (Fsp3) is 0.474. The number of hydrogen-bond donors (Lipinski definition) is 1. The van der Waals surface area contributed by atoms with Crippen LogP contribution in [0.1, 0.15) is 42.7 Å². The van der Waals surface area contributed by atoms with Crippen molar-refractivity contribution in [3.63, 3.8) is 0 Å². The maximum absolute atomic E-state index is 11.8. The first-order chi connectivity index (χ1) is 11.9. The molecule has 0 aliphatic carbocycles. The van der Waals surface area contributed by atoms with E-state index >= 15 is 0 Å². The molecule has 1 aliphatic rings. The van der Waals surface area contributed by atoms with Crippen LogP contribution in [0.25, 0.3) is 10.4 Å². The fourth-order valence-electron chi connectivity index (χ4n) is 3.10. The molecule has 0 radical (unpaired) electrons. The monoisotopic (exact) mass is 360 g/mol. The number of rotatable bonds is 5. The minimum absolute atomic E-state index is 0.133. The molecule has 0 unspecified atom stereocenters. The van der Waals surface area contributed by atoms with E-state index in [4.69, 9.17) is 4.74 Å². The molecule has 0 bridgehead atoms. The average molecular weight is 360 g/mol. The number of thiazole rings is 1. The van der Waals surface area contributed by atoms with Crippen molar-refractivity contribution in [3.05, 3.63) is 35.5 Å². The zero-order valence-corrected chi connectivity index (χ0v) is 15.7. The van der Waals surface area contributed by atoms with Gasteiger partial charge in [-0.1, -0.05) is 49.4 Å². The van der Waals surface area contributed by atoms with Crippen LogP contribution < -0.4 is 4.90 Å². The Morgan fingerprint density at radius 1 is 1.32 bits per heavy atom. The number of methoxy groups -OCH3 is 1. The van der Waals surface area contributed by atoms with Gasteiger partial charge in [0.15, 0.2) is 10.8 Å². The molecule has 0 atom stereocenters. The highest BCUT2D eigenvalue weighted by atomic mass is 32.1. The van der Waals surface area contributed by atoms with Crippen LogP contribution in [0.15, 0.2) is 24.3 Å². The molecule has 2 aromatic rings. The minimum atomic E-state index is -0.984. The van der Waals surface area contributed by atoms with Gasteiger partial charge in [-0.3, -0.25) is 0 Å². The highest BCUT2D eigenvalue weighted by Gasteiger charge is 2.29. The van der Waals surface area contributed by atoms with E-state index in [1.807, 2.05) is 24.3 Å². The van der Waals surface area contributed by atoms with Crippen LogP contribution in [-0.2, 0) is 11.3 Å². The highest BCUT2D eigenvalue weighted by molar-refractivity contribution is 7.19. The molecule has 3 rings (SSSR count). The second kappa shape index (κ2) is 7.14. The predicted octanol–water partition coefficient (Wildman–Crippen LogP) is 4.28. The third-order valence-electron chi connectivity index (χ3n) is 4.77. The first kappa shape index (κ1) is 17.9. The van der Waals surface area contributed by atoms with E-state index in [0.29, 0.717) is 16.9 Å². The number of piperidine rings is 1. The van der Waals surface area contributed by atoms with Crippen LogP contribution in [0.3, 0.4) is 0 Å². The van der Waals surface area contributed by atoms with Gasteiger partial charge >= 0.3 is 5.97 Å². The van der Waals surface area contributed by atoms with E-state index in [9.17, 15) is 9.90 Å². The molecule has 134 valence electrons. The Kier molecular flexibility index (Phi) is 5.11. The standard InChI is InChI=1S/C19H24N2O3S/c1-19(2)8-10-21(11-9-19)18-20-15(17(22)23)16(25-18)14-7-5-4-6-13(14)12-24-3/h4-7H,8-12H2,1-3H3,(H,22,23). The molecular formula is C19H24N2O3S. The summed E-state index contributed by atoms with van der Waals surface area (Å²) in [6.45, 7) is 6.83. The summed E-state index contributed by atoms with van der Waals surface area (Å²) in [7, 11) is 1.64. The maximum Gasteiger partial charge on any atom is 0.356 e. The molecule has 1 aliphatic heterocycles. The molecule has 1 N–H and O–H groups in total. The van der Waals surface area contributed by atoms with Gasteiger partial charge in [-0.2, -0.15) is 0 Å². The number of carboxylic acid groups (broad SMARTS) is 1. The Labute approximate surface area is 152 Å². The van der Waals surface area contributed by atoms with E-state index < -0.39 is 5.97 Å². The second-order valence-electron chi connectivity index (χ2n) is 7.22. The van der Waals surface area contributed by atoms with Gasteiger partial charge in [0.25, 0.3) is 0 Å². The lowest BCUT2D eigenvalue weighted by Gasteiger charge is -2.36. The van der Waals surface area contributed by atoms with Gasteiger partial charge in [-0.15, -0.1) is 0 Å². The van der Waals surface area contributed by atoms with Gasteiger partial charge in [0.1, 0.15) is 0 Å². The van der Waals surface area contributed by atoms with E-state index in [0.717, 1.165) is 42.2 Å². The third-order valence-corrected chi connectivity index (χ3v) is 5.92. The summed E-state index contributed by atoms with van der Waals surface area (Å²) in [5.74, 6) is -0.984. The van der Waals surface area contributed by atoms with Gasteiger partial charge < -0.3 is 14.7 Å². The van der Waals surface area contributed by atoms with Crippen LogP contribution in [0, 0.1) is 5.41 Å². The molecule has 2 heterocycles. The Balaban J connectivity index is 1.98. The Morgan fingerprint density at radius 3 is 2.64 bits per heavy atom. The number of carbonyl (C=O) groups is 1.